The summed E-state index contributed by atoms with van der Waals surface area (Å²) in [5.41, 5.74) is 2.73. The predicted molar refractivity (Wildman–Crippen MR) is 113 cm³/mol. The van der Waals surface area contributed by atoms with Gasteiger partial charge in [-0.05, 0) is 41.8 Å². The van der Waals surface area contributed by atoms with Crippen LogP contribution in [-0.4, -0.2) is 40.4 Å². The zero-order valence-corrected chi connectivity index (χ0v) is 17.4. The van der Waals surface area contributed by atoms with Gasteiger partial charge in [0.25, 0.3) is 5.91 Å². The average molecular weight is 431 g/mol. The molecular weight excluding hydrogens is 410 g/mol. The largest absolute Gasteiger partial charge is 0.491 e. The van der Waals surface area contributed by atoms with E-state index in [2.05, 4.69) is 21.5 Å². The highest BCUT2D eigenvalue weighted by molar-refractivity contribution is 5.92. The summed E-state index contributed by atoms with van der Waals surface area (Å²) >= 11 is 0. The van der Waals surface area contributed by atoms with E-state index in [0.717, 1.165) is 23.3 Å². The Morgan fingerprint density at radius 1 is 1.31 bits per heavy atom. The van der Waals surface area contributed by atoms with Crippen molar-refractivity contribution in [2.45, 2.75) is 31.5 Å². The lowest BCUT2D eigenvalue weighted by atomic mass is 10.0. The van der Waals surface area contributed by atoms with Gasteiger partial charge in [0.05, 0.1) is 24.8 Å². The van der Waals surface area contributed by atoms with Crippen molar-refractivity contribution in [3.8, 4) is 23.6 Å². The molecule has 162 valence electrons. The molecule has 2 aliphatic rings. The molecule has 0 spiro atoms. The number of pyridine rings is 1. The Balaban J connectivity index is 1.26. The Labute approximate surface area is 184 Å². The van der Waals surface area contributed by atoms with Crippen LogP contribution in [0.15, 0.2) is 42.6 Å². The van der Waals surface area contributed by atoms with Crippen molar-refractivity contribution in [3.05, 3.63) is 65.0 Å². The molecule has 0 saturated carbocycles. The van der Waals surface area contributed by atoms with Gasteiger partial charge in [0, 0.05) is 31.3 Å². The van der Waals surface area contributed by atoms with Crippen LogP contribution < -0.4 is 19.5 Å². The molecule has 3 aromatic rings. The van der Waals surface area contributed by atoms with Crippen molar-refractivity contribution in [2.75, 3.05) is 13.7 Å². The molecule has 9 nitrogen and oxygen atoms in total. The van der Waals surface area contributed by atoms with Crippen LogP contribution in [0.4, 0.5) is 0 Å². The van der Waals surface area contributed by atoms with Crippen LogP contribution in [0, 0.1) is 11.3 Å². The quantitative estimate of drug-likeness (QED) is 0.675. The van der Waals surface area contributed by atoms with Crippen molar-refractivity contribution in [2.24, 2.45) is 0 Å². The highest BCUT2D eigenvalue weighted by Crippen LogP contribution is 2.32. The lowest BCUT2D eigenvalue weighted by Crippen LogP contribution is -2.42. The summed E-state index contributed by atoms with van der Waals surface area (Å²) in [6, 6.07) is 12.6. The van der Waals surface area contributed by atoms with E-state index >= 15 is 0 Å². The molecule has 1 aromatic carbocycles. The van der Waals surface area contributed by atoms with Crippen LogP contribution in [-0.2, 0) is 13.0 Å². The topological polar surface area (TPSA) is 111 Å². The van der Waals surface area contributed by atoms with E-state index in [0.29, 0.717) is 42.6 Å². The highest BCUT2D eigenvalue weighted by atomic mass is 16.5. The number of aromatic nitrogens is 3. The van der Waals surface area contributed by atoms with E-state index in [4.69, 9.17) is 19.5 Å². The Kier molecular flexibility index (Phi) is 5.11. The van der Waals surface area contributed by atoms with E-state index in [9.17, 15) is 4.79 Å². The van der Waals surface area contributed by atoms with Gasteiger partial charge in [-0.3, -0.25) is 4.79 Å². The Morgan fingerprint density at radius 2 is 2.22 bits per heavy atom. The smallest absolute Gasteiger partial charge is 0.272 e. The van der Waals surface area contributed by atoms with Crippen LogP contribution >= 0.6 is 0 Å². The fraction of sp³-hybridized carbons (Fsp3) is 0.304. The Morgan fingerprint density at radius 3 is 3.06 bits per heavy atom. The van der Waals surface area contributed by atoms with Crippen molar-refractivity contribution in [1.29, 1.82) is 5.26 Å². The monoisotopic (exact) mass is 431 g/mol. The van der Waals surface area contributed by atoms with Crippen molar-refractivity contribution in [1.82, 2.24) is 20.1 Å². The van der Waals surface area contributed by atoms with Crippen molar-refractivity contribution >= 4 is 5.91 Å². The summed E-state index contributed by atoms with van der Waals surface area (Å²) in [5.74, 6) is 1.54. The number of aryl methyl sites for hydroxylation is 1. The van der Waals surface area contributed by atoms with Gasteiger partial charge in [-0.15, -0.1) is 0 Å². The van der Waals surface area contributed by atoms with Gasteiger partial charge in [0.1, 0.15) is 18.5 Å². The molecule has 5 rings (SSSR count). The highest BCUT2D eigenvalue weighted by Gasteiger charge is 2.27. The third-order valence-electron chi connectivity index (χ3n) is 5.61. The normalized spacial score (nSPS) is 18.9. The maximum absolute atomic E-state index is 12.8. The van der Waals surface area contributed by atoms with Crippen molar-refractivity contribution < 1.29 is 19.0 Å². The number of carbonyl (C=O) groups excluding carboxylic acids is 1. The molecular formula is C23H21N5O4. The molecule has 2 atom stereocenters. The molecule has 1 N–H and O–H groups in total. The molecule has 2 aromatic heterocycles. The van der Waals surface area contributed by atoms with E-state index in [-0.39, 0.29) is 18.1 Å². The third kappa shape index (κ3) is 3.83. The van der Waals surface area contributed by atoms with Crippen LogP contribution in [0.1, 0.15) is 39.7 Å². The minimum atomic E-state index is -0.286. The number of carbonyl (C=O) groups is 1. The summed E-state index contributed by atoms with van der Waals surface area (Å²) in [5, 5.41) is 16.5. The zero-order chi connectivity index (χ0) is 22.1. The first-order chi connectivity index (χ1) is 15.6. The number of nitrogens with one attached hydrogen (secondary N) is 1. The Hall–Kier alpha value is -4.06. The fourth-order valence-electron chi connectivity index (χ4n) is 4.00. The standard InChI is InChI=1S/C23H21N5O4/c1-30-21-10-15(4-6-25-21)20-5-7-28-22(32-20)11-18(27-28)23(29)26-17-9-16-8-14(12-24)2-3-19(16)31-13-17/h2-4,6,8,10-11,17,20H,5,7,9,13H2,1H3,(H,26,29)/t17-,20+/m1/s1. The van der Waals surface area contributed by atoms with Crippen LogP contribution in [0.3, 0.4) is 0 Å². The Bertz CT molecular complexity index is 1220. The van der Waals surface area contributed by atoms with Gasteiger partial charge in [0.15, 0.2) is 5.69 Å². The number of nitrogens with zero attached hydrogens (tertiary/aromatic N) is 4. The fourth-order valence-corrected chi connectivity index (χ4v) is 4.00. The second-order valence-corrected chi connectivity index (χ2v) is 7.74. The summed E-state index contributed by atoms with van der Waals surface area (Å²) in [6.07, 6.45) is 2.83. The molecule has 9 heteroatoms. The lowest BCUT2D eigenvalue weighted by molar-refractivity contribution is 0.0909. The van der Waals surface area contributed by atoms with Gasteiger partial charge >= 0.3 is 0 Å². The van der Waals surface area contributed by atoms with Crippen LogP contribution in [0.25, 0.3) is 0 Å². The number of hydrogen-bond donors (Lipinski definition) is 1. The molecule has 0 saturated heterocycles. The SMILES string of the molecule is COc1cc([C@@H]2CCn3nc(C(=O)N[C@H]4COc5ccc(C#N)cc5C4)cc3O2)ccn1. The van der Waals surface area contributed by atoms with E-state index < -0.39 is 0 Å². The molecule has 0 radical (unpaired) electrons. The molecule has 0 bridgehead atoms. The maximum atomic E-state index is 12.8. The van der Waals surface area contributed by atoms with Crippen LogP contribution in [0.2, 0.25) is 0 Å². The van der Waals surface area contributed by atoms with Gasteiger partial charge in [-0.1, -0.05) is 0 Å². The number of ether oxygens (including phenoxy) is 3. The molecule has 0 fully saturated rings. The molecule has 0 aliphatic carbocycles. The average Bonchev–Trinajstić information content (AvgIpc) is 3.27. The maximum Gasteiger partial charge on any atom is 0.272 e. The first-order valence-electron chi connectivity index (χ1n) is 10.3. The lowest BCUT2D eigenvalue weighted by Gasteiger charge is -2.25. The minimum absolute atomic E-state index is 0.162. The molecule has 1 amide bonds. The number of methoxy groups -OCH3 is 1. The van der Waals surface area contributed by atoms with Crippen molar-refractivity contribution in [3.63, 3.8) is 0 Å². The minimum Gasteiger partial charge on any atom is -0.491 e. The van der Waals surface area contributed by atoms with Crippen LogP contribution in [0.5, 0.6) is 17.5 Å². The zero-order valence-electron chi connectivity index (χ0n) is 17.4. The number of hydrogen-bond acceptors (Lipinski definition) is 7. The van der Waals surface area contributed by atoms with E-state index in [1.807, 2.05) is 12.1 Å². The number of rotatable bonds is 4. The summed E-state index contributed by atoms with van der Waals surface area (Å²) in [6.45, 7) is 0.995. The van der Waals surface area contributed by atoms with E-state index in [1.165, 1.54) is 0 Å². The molecule has 2 aliphatic heterocycles. The second-order valence-electron chi connectivity index (χ2n) is 7.74. The molecule has 32 heavy (non-hydrogen) atoms. The molecule has 0 unspecified atom stereocenters. The van der Waals surface area contributed by atoms with Gasteiger partial charge < -0.3 is 19.5 Å². The molecule has 4 heterocycles. The summed E-state index contributed by atoms with van der Waals surface area (Å²) < 4.78 is 18.7. The van der Waals surface area contributed by atoms with E-state index in [1.54, 1.807) is 42.3 Å². The summed E-state index contributed by atoms with van der Waals surface area (Å²) in [4.78, 5) is 17.0. The first-order valence-corrected chi connectivity index (χ1v) is 10.3. The third-order valence-corrected chi connectivity index (χ3v) is 5.61. The summed E-state index contributed by atoms with van der Waals surface area (Å²) in [7, 11) is 1.58. The number of nitriles is 1. The van der Waals surface area contributed by atoms with Gasteiger partial charge in [0.2, 0.25) is 11.8 Å². The number of benzene rings is 1. The second kappa shape index (κ2) is 8.23. The predicted octanol–water partition coefficient (Wildman–Crippen LogP) is 2.42. The van der Waals surface area contributed by atoms with Gasteiger partial charge in [-0.25, -0.2) is 9.67 Å². The number of fused-ring (bicyclic) bond motifs is 2. The first kappa shape index (κ1) is 19.9. The number of amides is 1. The van der Waals surface area contributed by atoms with Gasteiger partial charge in [-0.2, -0.15) is 10.4 Å².